The van der Waals surface area contributed by atoms with Crippen LogP contribution in [0.4, 0.5) is 5.69 Å². The molecule has 0 aliphatic carbocycles. The molecule has 0 saturated carbocycles. The summed E-state index contributed by atoms with van der Waals surface area (Å²) in [7, 11) is -3.74. The highest BCUT2D eigenvalue weighted by atomic mass is 32.2. The van der Waals surface area contributed by atoms with E-state index < -0.39 is 10.0 Å². The maximum atomic E-state index is 12.1. The molecule has 7 nitrogen and oxygen atoms in total. The normalized spacial score (nSPS) is 11.2. The van der Waals surface area contributed by atoms with E-state index >= 15 is 0 Å². The summed E-state index contributed by atoms with van der Waals surface area (Å²) in [6.07, 6.45) is 2.98. The summed E-state index contributed by atoms with van der Waals surface area (Å²) >= 11 is 0. The summed E-state index contributed by atoms with van der Waals surface area (Å²) in [6, 6.07) is 8.38. The molecule has 0 unspecified atom stereocenters. The second-order valence-electron chi connectivity index (χ2n) is 3.65. The van der Waals surface area contributed by atoms with Gasteiger partial charge in [-0.05, 0) is 24.3 Å². The molecule has 0 aliphatic rings. The molecule has 0 amide bonds. The van der Waals surface area contributed by atoms with Crippen LogP contribution < -0.4 is 16.0 Å². The molecule has 2 aromatic heterocycles. The van der Waals surface area contributed by atoms with Crippen LogP contribution in [0.2, 0.25) is 0 Å². The van der Waals surface area contributed by atoms with Gasteiger partial charge in [0.2, 0.25) is 0 Å². The number of nitrogens with two attached hydrogens (primary N) is 1. The largest absolute Gasteiger partial charge is 0.321 e. The van der Waals surface area contributed by atoms with Crippen LogP contribution in [0, 0.1) is 0 Å². The van der Waals surface area contributed by atoms with E-state index in [2.05, 4.69) is 20.1 Å². The average Bonchev–Trinajstić information content (AvgIpc) is 2.46. The number of rotatable bonds is 5. The van der Waals surface area contributed by atoms with Gasteiger partial charge in [-0.15, -0.1) is 0 Å². The van der Waals surface area contributed by atoms with Crippen LogP contribution >= 0.6 is 0 Å². The van der Waals surface area contributed by atoms with Gasteiger partial charge < -0.3 is 5.43 Å². The molecule has 8 heteroatoms. The first-order chi connectivity index (χ1) is 9.13. The van der Waals surface area contributed by atoms with Crippen LogP contribution in [0.1, 0.15) is 5.69 Å². The number of sulfonamides is 1. The fourth-order valence-corrected chi connectivity index (χ4v) is 2.55. The van der Waals surface area contributed by atoms with Crippen molar-refractivity contribution in [2.24, 2.45) is 5.84 Å². The standard InChI is InChI=1S/C11H13N5O2S/c12-16-10-5-3-7-14-11(10)19(17,18)15-8-9-4-1-2-6-13-9/h1-7,15-16H,8,12H2. The number of nitrogen functional groups attached to an aromatic ring is 1. The number of hydrogen-bond donors (Lipinski definition) is 3. The molecule has 0 aromatic carbocycles. The van der Waals surface area contributed by atoms with Crippen molar-refractivity contribution in [2.45, 2.75) is 11.6 Å². The number of anilines is 1. The van der Waals surface area contributed by atoms with Gasteiger partial charge in [-0.3, -0.25) is 10.8 Å². The molecule has 0 bridgehead atoms. The fraction of sp³-hybridized carbons (Fsp3) is 0.0909. The molecule has 0 radical (unpaired) electrons. The monoisotopic (exact) mass is 279 g/mol. The Labute approximate surface area is 110 Å². The Kier molecular flexibility index (Phi) is 4.05. The molecular weight excluding hydrogens is 266 g/mol. The summed E-state index contributed by atoms with van der Waals surface area (Å²) in [5.74, 6) is 5.26. The van der Waals surface area contributed by atoms with Crippen LogP contribution in [0.15, 0.2) is 47.8 Å². The lowest BCUT2D eigenvalue weighted by Crippen LogP contribution is -2.26. The third-order valence-corrected chi connectivity index (χ3v) is 3.71. The lowest BCUT2D eigenvalue weighted by atomic mass is 10.4. The molecule has 19 heavy (non-hydrogen) atoms. The lowest BCUT2D eigenvalue weighted by Gasteiger charge is -2.09. The number of nitrogens with zero attached hydrogens (tertiary/aromatic N) is 2. The smallest absolute Gasteiger partial charge is 0.260 e. The highest BCUT2D eigenvalue weighted by Gasteiger charge is 2.19. The van der Waals surface area contributed by atoms with E-state index in [4.69, 9.17) is 5.84 Å². The molecule has 2 heterocycles. The minimum atomic E-state index is -3.74. The van der Waals surface area contributed by atoms with Crippen LogP contribution in [-0.4, -0.2) is 18.4 Å². The Hall–Kier alpha value is -2.03. The van der Waals surface area contributed by atoms with E-state index in [1.165, 1.54) is 12.3 Å². The van der Waals surface area contributed by atoms with Gasteiger partial charge >= 0.3 is 0 Å². The van der Waals surface area contributed by atoms with Gasteiger partial charge in [-0.25, -0.2) is 18.1 Å². The van der Waals surface area contributed by atoms with Crippen molar-refractivity contribution in [3.05, 3.63) is 48.4 Å². The van der Waals surface area contributed by atoms with Gasteiger partial charge in [-0.1, -0.05) is 6.07 Å². The predicted octanol–water partition coefficient (Wildman–Crippen LogP) is 0.241. The predicted molar refractivity (Wildman–Crippen MR) is 70.3 cm³/mol. The highest BCUT2D eigenvalue weighted by Crippen LogP contribution is 2.16. The van der Waals surface area contributed by atoms with Gasteiger partial charge in [-0.2, -0.15) is 0 Å². The quantitative estimate of drug-likeness (QED) is 0.534. The number of hydrogen-bond acceptors (Lipinski definition) is 6. The average molecular weight is 279 g/mol. The zero-order valence-electron chi connectivity index (χ0n) is 9.95. The molecule has 100 valence electrons. The van der Waals surface area contributed by atoms with Crippen molar-refractivity contribution in [3.63, 3.8) is 0 Å². The third kappa shape index (κ3) is 3.25. The molecule has 2 aromatic rings. The summed E-state index contributed by atoms with van der Waals surface area (Å²) in [5.41, 5.74) is 3.15. The Bertz CT molecular complexity index is 645. The van der Waals surface area contributed by atoms with Crippen LogP contribution in [0.3, 0.4) is 0 Å². The first-order valence-electron chi connectivity index (χ1n) is 5.44. The zero-order chi connectivity index (χ0) is 13.7. The summed E-state index contributed by atoms with van der Waals surface area (Å²) in [6.45, 7) is 0.0871. The first kappa shape index (κ1) is 13.4. The molecular formula is C11H13N5O2S. The topological polar surface area (TPSA) is 110 Å². The van der Waals surface area contributed by atoms with Crippen LogP contribution in [0.5, 0.6) is 0 Å². The lowest BCUT2D eigenvalue weighted by molar-refractivity contribution is 0.577. The van der Waals surface area contributed by atoms with Gasteiger partial charge in [0.05, 0.1) is 17.9 Å². The maximum absolute atomic E-state index is 12.1. The highest BCUT2D eigenvalue weighted by molar-refractivity contribution is 7.89. The second-order valence-corrected chi connectivity index (χ2v) is 5.33. The van der Waals surface area contributed by atoms with Gasteiger partial charge in [0.1, 0.15) is 0 Å². The van der Waals surface area contributed by atoms with Crippen LogP contribution in [-0.2, 0) is 16.6 Å². The summed E-state index contributed by atoms with van der Waals surface area (Å²) < 4.78 is 26.6. The van der Waals surface area contributed by atoms with Gasteiger partial charge in [0, 0.05) is 12.4 Å². The third-order valence-electron chi connectivity index (χ3n) is 2.35. The van der Waals surface area contributed by atoms with Crippen molar-refractivity contribution in [2.75, 3.05) is 5.43 Å². The number of hydrazine groups is 1. The van der Waals surface area contributed by atoms with Gasteiger partial charge in [0.15, 0.2) is 5.03 Å². The molecule has 0 spiro atoms. The first-order valence-corrected chi connectivity index (χ1v) is 6.93. The van der Waals surface area contributed by atoms with E-state index in [1.54, 1.807) is 30.5 Å². The number of pyridine rings is 2. The second kappa shape index (κ2) is 5.74. The Morgan fingerprint density at radius 2 is 1.89 bits per heavy atom. The van der Waals surface area contributed by atoms with E-state index in [9.17, 15) is 8.42 Å². The van der Waals surface area contributed by atoms with E-state index in [-0.39, 0.29) is 17.3 Å². The van der Waals surface area contributed by atoms with E-state index in [1.807, 2.05) is 0 Å². The molecule has 0 fully saturated rings. The minimum Gasteiger partial charge on any atom is -0.321 e. The minimum absolute atomic E-state index is 0.0871. The number of nitrogens with one attached hydrogen (secondary N) is 2. The molecule has 2 rings (SSSR count). The van der Waals surface area contributed by atoms with Crippen LogP contribution in [0.25, 0.3) is 0 Å². The Balaban J connectivity index is 2.19. The van der Waals surface area contributed by atoms with Crippen molar-refractivity contribution in [1.82, 2.24) is 14.7 Å². The zero-order valence-corrected chi connectivity index (χ0v) is 10.8. The Morgan fingerprint density at radius 1 is 1.11 bits per heavy atom. The summed E-state index contributed by atoms with van der Waals surface area (Å²) in [5, 5.41) is -0.145. The van der Waals surface area contributed by atoms with Gasteiger partial charge in [0.25, 0.3) is 10.0 Å². The molecule has 0 aliphatic heterocycles. The van der Waals surface area contributed by atoms with Crippen molar-refractivity contribution in [3.8, 4) is 0 Å². The van der Waals surface area contributed by atoms with Crippen molar-refractivity contribution < 1.29 is 8.42 Å². The van der Waals surface area contributed by atoms with Crippen molar-refractivity contribution in [1.29, 1.82) is 0 Å². The summed E-state index contributed by atoms with van der Waals surface area (Å²) in [4.78, 5) is 7.85. The van der Waals surface area contributed by atoms with E-state index in [0.717, 1.165) is 0 Å². The molecule has 0 saturated heterocycles. The molecule has 4 N–H and O–H groups in total. The Morgan fingerprint density at radius 3 is 2.58 bits per heavy atom. The molecule has 0 atom stereocenters. The van der Waals surface area contributed by atoms with E-state index in [0.29, 0.717) is 5.69 Å². The number of aromatic nitrogens is 2. The SMILES string of the molecule is NNc1cccnc1S(=O)(=O)NCc1ccccn1. The van der Waals surface area contributed by atoms with Crippen molar-refractivity contribution >= 4 is 15.7 Å². The fourth-order valence-electron chi connectivity index (χ4n) is 1.45. The maximum Gasteiger partial charge on any atom is 0.260 e.